The number of nitrogens with zero attached hydrogens (tertiary/aromatic N) is 1. The van der Waals surface area contributed by atoms with Gasteiger partial charge < -0.3 is 5.32 Å². The van der Waals surface area contributed by atoms with E-state index in [4.69, 9.17) is 11.6 Å². The zero-order valence-electron chi connectivity index (χ0n) is 17.9. The minimum absolute atomic E-state index is 0.635. The molecule has 0 amide bonds. The Bertz CT molecular complexity index is 1000. The Morgan fingerprint density at radius 1 is 1.07 bits per heavy atom. The number of fused-ring (bicyclic) bond motifs is 1. The van der Waals surface area contributed by atoms with Gasteiger partial charge in [-0.3, -0.25) is 4.90 Å². The summed E-state index contributed by atoms with van der Waals surface area (Å²) in [6.07, 6.45) is 7.56. The van der Waals surface area contributed by atoms with Crippen molar-refractivity contribution in [3.8, 4) is 0 Å². The van der Waals surface area contributed by atoms with Crippen molar-refractivity contribution in [2.75, 3.05) is 13.1 Å². The first-order valence-corrected chi connectivity index (χ1v) is 11.7. The van der Waals surface area contributed by atoms with E-state index in [1.807, 2.05) is 24.3 Å². The predicted octanol–water partition coefficient (Wildman–Crippen LogP) is 6.31. The topological polar surface area (TPSA) is 15.3 Å². The van der Waals surface area contributed by atoms with Gasteiger partial charge in [-0.15, -0.1) is 0 Å². The fraction of sp³-hybridized carbons (Fsp3) is 0.407. The van der Waals surface area contributed by atoms with Crippen molar-refractivity contribution >= 4 is 17.3 Å². The molecular formula is C27H31ClN2. The molecule has 0 saturated heterocycles. The van der Waals surface area contributed by atoms with Gasteiger partial charge in [0.1, 0.15) is 0 Å². The van der Waals surface area contributed by atoms with Crippen LogP contribution in [0.15, 0.2) is 60.3 Å². The molecule has 30 heavy (non-hydrogen) atoms. The normalized spacial score (nSPS) is 22.0. The summed E-state index contributed by atoms with van der Waals surface area (Å²) in [7, 11) is 0. The van der Waals surface area contributed by atoms with Crippen LogP contribution in [0.1, 0.15) is 60.8 Å². The Morgan fingerprint density at radius 3 is 2.70 bits per heavy atom. The number of rotatable bonds is 5. The fourth-order valence-electron chi connectivity index (χ4n) is 5.18. The summed E-state index contributed by atoms with van der Waals surface area (Å²) in [5.41, 5.74) is 9.52. The van der Waals surface area contributed by atoms with Crippen molar-refractivity contribution in [2.24, 2.45) is 0 Å². The van der Waals surface area contributed by atoms with Crippen molar-refractivity contribution in [3.05, 3.63) is 87.6 Å². The summed E-state index contributed by atoms with van der Waals surface area (Å²) < 4.78 is 0. The zero-order valence-corrected chi connectivity index (χ0v) is 18.6. The minimum Gasteiger partial charge on any atom is -0.358 e. The van der Waals surface area contributed by atoms with Gasteiger partial charge in [0, 0.05) is 41.1 Å². The number of halogens is 1. The maximum atomic E-state index is 6.39. The average molecular weight is 419 g/mol. The quantitative estimate of drug-likeness (QED) is 0.611. The lowest BCUT2D eigenvalue weighted by Gasteiger charge is -2.39. The third-order valence-electron chi connectivity index (χ3n) is 7.18. The highest BCUT2D eigenvalue weighted by molar-refractivity contribution is 6.32. The van der Waals surface area contributed by atoms with Crippen molar-refractivity contribution in [3.63, 3.8) is 0 Å². The second kappa shape index (κ2) is 8.24. The van der Waals surface area contributed by atoms with Crippen LogP contribution >= 0.6 is 11.6 Å². The van der Waals surface area contributed by atoms with Crippen LogP contribution < -0.4 is 5.32 Å². The maximum absolute atomic E-state index is 6.39. The van der Waals surface area contributed by atoms with Gasteiger partial charge in [-0.25, -0.2) is 0 Å². The van der Waals surface area contributed by atoms with Gasteiger partial charge in [-0.1, -0.05) is 60.2 Å². The molecule has 1 unspecified atom stereocenters. The summed E-state index contributed by atoms with van der Waals surface area (Å²) in [5.74, 6) is 0.832. The standard InChI is InChI=1S/C27H31ClN2/c1-18-14-15-30(17-27(18)29-19(2)23-7-3-4-9-26(23)28)22-13-12-20-6-5-8-24(21-10-11-21)25(20)16-22/h3-9,21-22,29H,2,10-17H2,1H3. The molecule has 1 aliphatic heterocycles. The Kier molecular flexibility index (Phi) is 5.47. The molecule has 5 rings (SSSR count). The fourth-order valence-corrected chi connectivity index (χ4v) is 5.43. The third kappa shape index (κ3) is 3.96. The molecule has 156 valence electrons. The van der Waals surface area contributed by atoms with Crippen molar-refractivity contribution in [1.29, 1.82) is 0 Å². The van der Waals surface area contributed by atoms with Crippen LogP contribution in [0.5, 0.6) is 0 Å². The van der Waals surface area contributed by atoms with Crippen LogP contribution in [0.25, 0.3) is 5.70 Å². The summed E-state index contributed by atoms with van der Waals surface area (Å²) in [5, 5.41) is 4.36. The highest BCUT2D eigenvalue weighted by Crippen LogP contribution is 2.44. The zero-order chi connectivity index (χ0) is 20.7. The molecule has 0 aromatic heterocycles. The Hall–Kier alpha value is -2.03. The monoisotopic (exact) mass is 418 g/mol. The third-order valence-corrected chi connectivity index (χ3v) is 7.51. The van der Waals surface area contributed by atoms with Crippen LogP contribution in [0.2, 0.25) is 5.02 Å². The molecule has 0 radical (unpaired) electrons. The summed E-state index contributed by atoms with van der Waals surface area (Å²) >= 11 is 6.39. The van der Waals surface area contributed by atoms with E-state index < -0.39 is 0 Å². The molecule has 0 bridgehead atoms. The lowest BCUT2D eigenvalue weighted by Crippen LogP contribution is -2.45. The molecule has 1 saturated carbocycles. The van der Waals surface area contributed by atoms with E-state index >= 15 is 0 Å². The van der Waals surface area contributed by atoms with Crippen LogP contribution in [0.4, 0.5) is 0 Å². The maximum Gasteiger partial charge on any atom is 0.0499 e. The molecule has 2 aliphatic carbocycles. The number of aryl methyl sites for hydroxylation is 1. The highest BCUT2D eigenvalue weighted by atomic mass is 35.5. The predicted molar refractivity (Wildman–Crippen MR) is 127 cm³/mol. The molecular weight excluding hydrogens is 388 g/mol. The largest absolute Gasteiger partial charge is 0.358 e. The second-order valence-electron chi connectivity index (χ2n) is 9.22. The van der Waals surface area contributed by atoms with Crippen LogP contribution in [0, 0.1) is 0 Å². The highest BCUT2D eigenvalue weighted by Gasteiger charge is 2.32. The lowest BCUT2D eigenvalue weighted by molar-refractivity contribution is 0.185. The molecule has 2 aromatic carbocycles. The molecule has 1 atom stereocenters. The van der Waals surface area contributed by atoms with Crippen LogP contribution in [-0.2, 0) is 12.8 Å². The van der Waals surface area contributed by atoms with Gasteiger partial charge >= 0.3 is 0 Å². The molecule has 3 aliphatic rings. The number of benzene rings is 2. The van der Waals surface area contributed by atoms with Gasteiger partial charge in [0.2, 0.25) is 0 Å². The van der Waals surface area contributed by atoms with E-state index in [1.165, 1.54) is 43.4 Å². The van der Waals surface area contributed by atoms with Crippen LogP contribution in [-0.4, -0.2) is 24.0 Å². The smallest absolute Gasteiger partial charge is 0.0499 e. The van der Waals surface area contributed by atoms with Crippen molar-refractivity contribution in [1.82, 2.24) is 10.2 Å². The molecule has 1 N–H and O–H groups in total. The first-order chi connectivity index (χ1) is 14.6. The lowest BCUT2D eigenvalue weighted by atomic mass is 9.83. The van der Waals surface area contributed by atoms with E-state index in [-0.39, 0.29) is 0 Å². The Balaban J connectivity index is 1.31. The Labute approximate surface area is 185 Å². The number of hydrogen-bond donors (Lipinski definition) is 1. The first-order valence-electron chi connectivity index (χ1n) is 11.3. The second-order valence-corrected chi connectivity index (χ2v) is 9.63. The van der Waals surface area contributed by atoms with E-state index in [1.54, 1.807) is 16.7 Å². The average Bonchev–Trinajstić information content (AvgIpc) is 3.60. The van der Waals surface area contributed by atoms with E-state index in [0.29, 0.717) is 6.04 Å². The van der Waals surface area contributed by atoms with Gasteiger partial charge in [-0.2, -0.15) is 0 Å². The first kappa shape index (κ1) is 19.9. The van der Waals surface area contributed by atoms with Crippen LogP contribution in [0.3, 0.4) is 0 Å². The van der Waals surface area contributed by atoms with E-state index in [0.717, 1.165) is 41.7 Å². The molecule has 2 nitrogen and oxygen atoms in total. The molecule has 1 heterocycles. The number of hydrogen-bond acceptors (Lipinski definition) is 2. The molecule has 3 heteroatoms. The Morgan fingerprint density at radius 2 is 1.90 bits per heavy atom. The summed E-state index contributed by atoms with van der Waals surface area (Å²) in [6.45, 7) is 8.65. The van der Waals surface area contributed by atoms with E-state index in [2.05, 4.69) is 41.9 Å². The van der Waals surface area contributed by atoms with Crippen molar-refractivity contribution < 1.29 is 0 Å². The number of nitrogens with one attached hydrogen (secondary N) is 1. The summed E-state index contributed by atoms with van der Waals surface area (Å²) in [4.78, 5) is 2.70. The minimum atomic E-state index is 0.635. The van der Waals surface area contributed by atoms with Gasteiger partial charge in [0.05, 0.1) is 0 Å². The van der Waals surface area contributed by atoms with Gasteiger partial charge in [-0.05, 0) is 74.1 Å². The SMILES string of the molecule is C=C(NC1=C(C)CCN(C2CCc3cccc(C4CC4)c3C2)C1)c1ccccc1Cl. The van der Waals surface area contributed by atoms with Crippen molar-refractivity contribution in [2.45, 2.75) is 57.4 Å². The molecule has 2 aromatic rings. The van der Waals surface area contributed by atoms with E-state index in [9.17, 15) is 0 Å². The van der Waals surface area contributed by atoms with Gasteiger partial charge in [0.15, 0.2) is 0 Å². The van der Waals surface area contributed by atoms with Gasteiger partial charge in [0.25, 0.3) is 0 Å². The molecule has 1 fully saturated rings. The summed E-state index contributed by atoms with van der Waals surface area (Å²) in [6, 6.07) is 15.6. The molecule has 0 spiro atoms.